The van der Waals surface area contributed by atoms with Crippen LogP contribution in [-0.4, -0.2) is 54.7 Å². The first-order chi connectivity index (χ1) is 14.5. The SMILES string of the molecule is CC(C)NC(=O)C[C@H]1CC2(CCN(C(=O)C3CCOCC3)CC2)Oc2ccccc21. The van der Waals surface area contributed by atoms with Crippen LogP contribution in [0.2, 0.25) is 0 Å². The van der Waals surface area contributed by atoms with Gasteiger partial charge in [-0.3, -0.25) is 9.59 Å². The van der Waals surface area contributed by atoms with Crippen LogP contribution in [0.3, 0.4) is 0 Å². The summed E-state index contributed by atoms with van der Waals surface area (Å²) >= 11 is 0. The number of hydrogen-bond donors (Lipinski definition) is 1. The monoisotopic (exact) mass is 414 g/mol. The summed E-state index contributed by atoms with van der Waals surface area (Å²) in [6.45, 7) is 6.81. The summed E-state index contributed by atoms with van der Waals surface area (Å²) in [5, 5.41) is 3.03. The van der Waals surface area contributed by atoms with Gasteiger partial charge >= 0.3 is 0 Å². The minimum atomic E-state index is -0.288. The van der Waals surface area contributed by atoms with Crippen molar-refractivity contribution in [3.63, 3.8) is 0 Å². The second-order valence-electron chi connectivity index (χ2n) is 9.36. The average molecular weight is 415 g/mol. The van der Waals surface area contributed by atoms with Crippen molar-refractivity contribution in [3.05, 3.63) is 29.8 Å². The van der Waals surface area contributed by atoms with E-state index in [1.165, 1.54) is 0 Å². The molecular weight excluding hydrogens is 380 g/mol. The highest BCUT2D eigenvalue weighted by Crippen LogP contribution is 2.46. The van der Waals surface area contributed by atoms with E-state index >= 15 is 0 Å². The maximum absolute atomic E-state index is 12.9. The molecule has 3 aliphatic heterocycles. The third kappa shape index (κ3) is 4.64. The van der Waals surface area contributed by atoms with Crippen LogP contribution in [0.4, 0.5) is 0 Å². The van der Waals surface area contributed by atoms with Gasteiger partial charge in [-0.25, -0.2) is 0 Å². The van der Waals surface area contributed by atoms with Crippen LogP contribution in [0.1, 0.15) is 63.9 Å². The minimum Gasteiger partial charge on any atom is -0.487 e. The molecular formula is C24H34N2O4. The maximum atomic E-state index is 12.9. The average Bonchev–Trinajstić information content (AvgIpc) is 2.74. The smallest absolute Gasteiger partial charge is 0.225 e. The second-order valence-corrected chi connectivity index (χ2v) is 9.36. The van der Waals surface area contributed by atoms with E-state index in [0.29, 0.717) is 19.6 Å². The van der Waals surface area contributed by atoms with E-state index in [2.05, 4.69) is 11.4 Å². The van der Waals surface area contributed by atoms with Gasteiger partial charge in [0.15, 0.2) is 0 Å². The Kier molecular flexibility index (Phi) is 6.32. The number of piperidine rings is 1. The standard InChI is InChI=1S/C24H34N2O4/c1-17(2)25-22(27)15-19-16-24(30-21-6-4-3-5-20(19)21)9-11-26(12-10-24)23(28)18-7-13-29-14-8-18/h3-6,17-19H,7-16H2,1-2H3,(H,25,27)/t19-/m0/s1. The van der Waals surface area contributed by atoms with Gasteiger partial charge < -0.3 is 19.7 Å². The van der Waals surface area contributed by atoms with Crippen molar-refractivity contribution >= 4 is 11.8 Å². The minimum absolute atomic E-state index is 0.0917. The molecule has 0 bridgehead atoms. The summed E-state index contributed by atoms with van der Waals surface area (Å²) < 4.78 is 11.9. The molecule has 0 unspecified atom stereocenters. The number of amides is 2. The van der Waals surface area contributed by atoms with Crippen LogP contribution >= 0.6 is 0 Å². The van der Waals surface area contributed by atoms with Crippen LogP contribution < -0.4 is 10.1 Å². The lowest BCUT2D eigenvalue weighted by molar-refractivity contribution is -0.142. The molecule has 3 aliphatic rings. The van der Waals surface area contributed by atoms with E-state index in [0.717, 1.165) is 56.5 Å². The number of nitrogens with one attached hydrogen (secondary N) is 1. The molecule has 164 valence electrons. The summed E-state index contributed by atoms with van der Waals surface area (Å²) in [5.41, 5.74) is 0.839. The number of fused-ring (bicyclic) bond motifs is 1. The van der Waals surface area contributed by atoms with Gasteiger partial charge in [-0.05, 0) is 44.7 Å². The van der Waals surface area contributed by atoms with E-state index in [4.69, 9.17) is 9.47 Å². The Balaban J connectivity index is 1.44. The number of likely N-dealkylation sites (tertiary alicyclic amines) is 1. The fourth-order valence-corrected chi connectivity index (χ4v) is 5.18. The number of ether oxygens (including phenoxy) is 2. The van der Waals surface area contributed by atoms with E-state index < -0.39 is 0 Å². The number of carbonyl (C=O) groups is 2. The van der Waals surface area contributed by atoms with Crippen LogP contribution in [0.25, 0.3) is 0 Å². The number of hydrogen-bond acceptors (Lipinski definition) is 4. The molecule has 2 saturated heterocycles. The van der Waals surface area contributed by atoms with Crippen molar-refractivity contribution in [3.8, 4) is 5.75 Å². The second kappa shape index (κ2) is 8.96. The predicted octanol–water partition coefficient (Wildman–Crippen LogP) is 3.26. The molecule has 0 aliphatic carbocycles. The molecule has 3 heterocycles. The number of nitrogens with zero attached hydrogens (tertiary/aromatic N) is 1. The summed E-state index contributed by atoms with van der Waals surface area (Å²) in [6, 6.07) is 8.25. The van der Waals surface area contributed by atoms with Crippen molar-refractivity contribution in [2.75, 3.05) is 26.3 Å². The van der Waals surface area contributed by atoms with Gasteiger partial charge in [0.25, 0.3) is 0 Å². The summed E-state index contributed by atoms with van der Waals surface area (Å²) in [6.07, 6.45) is 4.60. The van der Waals surface area contributed by atoms with Crippen molar-refractivity contribution in [2.24, 2.45) is 5.92 Å². The molecule has 0 aromatic heterocycles. The molecule has 2 amide bonds. The first-order valence-electron chi connectivity index (χ1n) is 11.4. The fourth-order valence-electron chi connectivity index (χ4n) is 5.18. The zero-order chi connectivity index (χ0) is 21.1. The highest BCUT2D eigenvalue weighted by molar-refractivity contribution is 5.79. The van der Waals surface area contributed by atoms with Gasteiger partial charge in [-0.1, -0.05) is 18.2 Å². The Morgan fingerprint density at radius 3 is 2.57 bits per heavy atom. The lowest BCUT2D eigenvalue weighted by atomic mass is 9.76. The van der Waals surface area contributed by atoms with Gasteiger partial charge in [-0.2, -0.15) is 0 Å². The number of para-hydroxylation sites is 1. The van der Waals surface area contributed by atoms with E-state index in [1.807, 2.05) is 36.9 Å². The van der Waals surface area contributed by atoms with Crippen molar-refractivity contribution in [1.82, 2.24) is 10.2 Å². The van der Waals surface area contributed by atoms with Gasteiger partial charge in [0.1, 0.15) is 11.4 Å². The molecule has 2 fully saturated rings. The maximum Gasteiger partial charge on any atom is 0.225 e. The molecule has 1 N–H and O–H groups in total. The molecule has 4 rings (SSSR count). The van der Waals surface area contributed by atoms with Crippen molar-refractivity contribution in [2.45, 2.75) is 69.9 Å². The molecule has 30 heavy (non-hydrogen) atoms. The first kappa shape index (κ1) is 21.2. The lowest BCUT2D eigenvalue weighted by Crippen LogP contribution is -2.53. The number of rotatable bonds is 4. The van der Waals surface area contributed by atoms with Crippen molar-refractivity contribution in [1.29, 1.82) is 0 Å². The zero-order valence-corrected chi connectivity index (χ0v) is 18.2. The third-order valence-electron chi connectivity index (χ3n) is 6.74. The molecule has 1 aromatic rings. The van der Waals surface area contributed by atoms with Crippen LogP contribution in [0.15, 0.2) is 24.3 Å². The Morgan fingerprint density at radius 1 is 1.17 bits per heavy atom. The van der Waals surface area contributed by atoms with Crippen LogP contribution in [0, 0.1) is 5.92 Å². The Bertz CT molecular complexity index is 764. The lowest BCUT2D eigenvalue weighted by Gasteiger charge is -2.47. The quantitative estimate of drug-likeness (QED) is 0.821. The van der Waals surface area contributed by atoms with Gasteiger partial charge in [-0.15, -0.1) is 0 Å². The predicted molar refractivity (Wildman–Crippen MR) is 114 cm³/mol. The zero-order valence-electron chi connectivity index (χ0n) is 18.2. The normalized spacial score (nSPS) is 23.7. The summed E-state index contributed by atoms with van der Waals surface area (Å²) in [5.74, 6) is 1.52. The first-order valence-corrected chi connectivity index (χ1v) is 11.4. The largest absolute Gasteiger partial charge is 0.487 e. The molecule has 6 nitrogen and oxygen atoms in total. The van der Waals surface area contributed by atoms with Gasteiger partial charge in [0, 0.05) is 63.4 Å². The van der Waals surface area contributed by atoms with Gasteiger partial charge in [0.2, 0.25) is 11.8 Å². The van der Waals surface area contributed by atoms with Crippen LogP contribution in [0.5, 0.6) is 5.75 Å². The van der Waals surface area contributed by atoms with E-state index in [9.17, 15) is 9.59 Å². The highest BCUT2D eigenvalue weighted by Gasteiger charge is 2.44. The fraction of sp³-hybridized carbons (Fsp3) is 0.667. The summed E-state index contributed by atoms with van der Waals surface area (Å²) in [4.78, 5) is 27.4. The molecule has 0 radical (unpaired) electrons. The molecule has 0 saturated carbocycles. The summed E-state index contributed by atoms with van der Waals surface area (Å²) in [7, 11) is 0. The molecule has 1 spiro atoms. The topological polar surface area (TPSA) is 67.9 Å². The Labute approximate surface area is 179 Å². The Morgan fingerprint density at radius 2 is 1.87 bits per heavy atom. The molecule has 1 atom stereocenters. The molecule has 1 aromatic carbocycles. The van der Waals surface area contributed by atoms with Crippen LogP contribution in [-0.2, 0) is 14.3 Å². The highest BCUT2D eigenvalue weighted by atomic mass is 16.5. The third-order valence-corrected chi connectivity index (χ3v) is 6.74. The van der Waals surface area contributed by atoms with Crippen molar-refractivity contribution < 1.29 is 19.1 Å². The van der Waals surface area contributed by atoms with Gasteiger partial charge in [0.05, 0.1) is 0 Å². The Hall–Kier alpha value is -2.08. The number of carbonyl (C=O) groups excluding carboxylic acids is 2. The van der Waals surface area contributed by atoms with E-state index in [1.54, 1.807) is 0 Å². The number of benzene rings is 1. The molecule has 6 heteroatoms. The van der Waals surface area contributed by atoms with E-state index in [-0.39, 0.29) is 35.3 Å².